The third kappa shape index (κ3) is 3.40. The third-order valence-corrected chi connectivity index (χ3v) is 2.45. The zero-order chi connectivity index (χ0) is 10.3. The van der Waals surface area contributed by atoms with Crippen LogP contribution in [0.5, 0.6) is 0 Å². The van der Waals surface area contributed by atoms with Gasteiger partial charge in [0.05, 0.1) is 25.6 Å². The molecule has 0 aromatic heterocycles. The molecular weight excluding hydrogens is 188 g/mol. The Kier molecular flexibility index (Phi) is 3.80. The van der Waals surface area contributed by atoms with Gasteiger partial charge in [-0.25, -0.2) is 0 Å². The van der Waals surface area contributed by atoms with Gasteiger partial charge in [0.25, 0.3) is 0 Å². The first-order valence-electron chi connectivity index (χ1n) is 5.39. The summed E-state index contributed by atoms with van der Waals surface area (Å²) in [5.74, 6) is 0. The molecule has 0 amide bonds. The smallest absolute Gasteiger partial charge is 0.0874 e. The van der Waals surface area contributed by atoms with Crippen molar-refractivity contribution < 1.29 is 9.47 Å². The maximum Gasteiger partial charge on any atom is 0.0874 e. The van der Waals surface area contributed by atoms with Crippen LogP contribution in [0.3, 0.4) is 0 Å². The highest BCUT2D eigenvalue weighted by molar-refractivity contribution is 5.13. The molecule has 80 valence electrons. The summed E-state index contributed by atoms with van der Waals surface area (Å²) in [6, 6.07) is 10.2. The summed E-state index contributed by atoms with van der Waals surface area (Å²) in [5, 5.41) is 0. The van der Waals surface area contributed by atoms with Crippen LogP contribution in [-0.2, 0) is 16.1 Å². The number of hydrogen-bond acceptors (Lipinski definition) is 2. The van der Waals surface area contributed by atoms with E-state index in [-0.39, 0.29) is 6.10 Å². The molecule has 1 aliphatic heterocycles. The van der Waals surface area contributed by atoms with Gasteiger partial charge < -0.3 is 9.47 Å². The Labute approximate surface area is 90.5 Å². The van der Waals surface area contributed by atoms with Crippen LogP contribution in [0.1, 0.15) is 18.4 Å². The van der Waals surface area contributed by atoms with Crippen molar-refractivity contribution in [3.05, 3.63) is 48.2 Å². The first kappa shape index (κ1) is 10.2. The molecule has 0 radical (unpaired) electrons. The Balaban J connectivity index is 1.82. The maximum atomic E-state index is 5.78. The van der Waals surface area contributed by atoms with Gasteiger partial charge in [-0.2, -0.15) is 0 Å². The lowest BCUT2D eigenvalue weighted by Crippen LogP contribution is -2.09. The maximum absolute atomic E-state index is 5.78. The Bertz CT molecular complexity index is 306. The molecule has 2 rings (SSSR count). The fourth-order valence-corrected chi connectivity index (χ4v) is 1.59. The van der Waals surface area contributed by atoms with Gasteiger partial charge in [-0.3, -0.25) is 0 Å². The summed E-state index contributed by atoms with van der Waals surface area (Å²) >= 11 is 0. The topological polar surface area (TPSA) is 18.5 Å². The molecule has 1 atom stereocenters. The zero-order valence-corrected chi connectivity index (χ0v) is 8.76. The lowest BCUT2D eigenvalue weighted by molar-refractivity contribution is 0.0661. The number of benzene rings is 1. The highest BCUT2D eigenvalue weighted by atomic mass is 16.5. The van der Waals surface area contributed by atoms with Crippen molar-refractivity contribution in [3.63, 3.8) is 0 Å². The second-order valence-corrected chi connectivity index (χ2v) is 3.68. The van der Waals surface area contributed by atoms with Gasteiger partial charge in [0.15, 0.2) is 0 Å². The van der Waals surface area contributed by atoms with Crippen molar-refractivity contribution in [1.29, 1.82) is 0 Å². The molecule has 0 saturated carbocycles. The van der Waals surface area contributed by atoms with Gasteiger partial charge in [-0.1, -0.05) is 30.3 Å². The highest BCUT2D eigenvalue weighted by Gasteiger charge is 2.07. The molecule has 1 aliphatic rings. The molecule has 0 spiro atoms. The van der Waals surface area contributed by atoms with Crippen LogP contribution in [0, 0.1) is 0 Å². The first-order valence-corrected chi connectivity index (χ1v) is 5.39. The predicted octanol–water partition coefficient (Wildman–Crippen LogP) is 2.90. The number of rotatable bonds is 3. The van der Waals surface area contributed by atoms with Gasteiger partial charge in [-0.15, -0.1) is 0 Å². The quantitative estimate of drug-likeness (QED) is 0.753. The van der Waals surface area contributed by atoms with Gasteiger partial charge in [0.2, 0.25) is 0 Å². The summed E-state index contributed by atoms with van der Waals surface area (Å²) < 4.78 is 11.0. The number of hydrogen-bond donors (Lipinski definition) is 0. The van der Waals surface area contributed by atoms with E-state index in [4.69, 9.17) is 9.47 Å². The average molecular weight is 204 g/mol. The molecule has 2 heteroatoms. The van der Waals surface area contributed by atoms with Gasteiger partial charge in [-0.05, 0) is 24.5 Å². The normalized spacial score (nSPS) is 20.7. The van der Waals surface area contributed by atoms with Crippen LogP contribution in [0.15, 0.2) is 42.7 Å². The standard InChI is InChI=1S/C13H16O2/c1-2-5-12(6-3-1)11-15-13-7-4-9-14-10-8-13/h1-3,5-6,8,10,13H,4,7,9,11H2/t13-/m0/s1. The second kappa shape index (κ2) is 5.56. The molecule has 1 aromatic rings. The minimum absolute atomic E-state index is 0.202. The third-order valence-electron chi connectivity index (χ3n) is 2.45. The second-order valence-electron chi connectivity index (χ2n) is 3.68. The largest absolute Gasteiger partial charge is 0.501 e. The van der Waals surface area contributed by atoms with Gasteiger partial charge in [0.1, 0.15) is 0 Å². The van der Waals surface area contributed by atoms with Crippen molar-refractivity contribution in [2.24, 2.45) is 0 Å². The van der Waals surface area contributed by atoms with Crippen molar-refractivity contribution >= 4 is 0 Å². The first-order chi connectivity index (χ1) is 7.45. The monoisotopic (exact) mass is 204 g/mol. The van der Waals surface area contributed by atoms with E-state index < -0.39 is 0 Å². The van der Waals surface area contributed by atoms with E-state index in [1.165, 1.54) is 5.56 Å². The Morgan fingerprint density at radius 2 is 2.13 bits per heavy atom. The lowest BCUT2D eigenvalue weighted by Gasteiger charge is -2.11. The van der Waals surface area contributed by atoms with Crippen molar-refractivity contribution in [2.45, 2.75) is 25.6 Å². The molecule has 15 heavy (non-hydrogen) atoms. The van der Waals surface area contributed by atoms with E-state index in [1.54, 1.807) is 6.26 Å². The van der Waals surface area contributed by atoms with E-state index in [0.717, 1.165) is 19.4 Å². The van der Waals surface area contributed by atoms with Crippen LogP contribution in [0.4, 0.5) is 0 Å². The Morgan fingerprint density at radius 3 is 3.00 bits per heavy atom. The van der Waals surface area contributed by atoms with Crippen molar-refractivity contribution in [1.82, 2.24) is 0 Å². The molecular formula is C13H16O2. The molecule has 0 fully saturated rings. The molecule has 2 nitrogen and oxygen atoms in total. The highest BCUT2D eigenvalue weighted by Crippen LogP contribution is 2.11. The van der Waals surface area contributed by atoms with Gasteiger partial charge in [0, 0.05) is 0 Å². The molecule has 1 aromatic carbocycles. The summed E-state index contributed by atoms with van der Waals surface area (Å²) in [6.45, 7) is 1.48. The zero-order valence-electron chi connectivity index (χ0n) is 8.76. The lowest BCUT2D eigenvalue weighted by atomic mass is 10.2. The summed E-state index contributed by atoms with van der Waals surface area (Å²) in [6.07, 6.45) is 6.06. The van der Waals surface area contributed by atoms with Crippen LogP contribution in [-0.4, -0.2) is 12.7 Å². The van der Waals surface area contributed by atoms with E-state index in [0.29, 0.717) is 6.61 Å². The Morgan fingerprint density at radius 1 is 1.27 bits per heavy atom. The summed E-state index contributed by atoms with van der Waals surface area (Å²) in [5.41, 5.74) is 1.22. The SMILES string of the molecule is C1=C[C@@H](OCc2ccccc2)CCCO1. The van der Waals surface area contributed by atoms with Crippen molar-refractivity contribution in [3.8, 4) is 0 Å². The van der Waals surface area contributed by atoms with Gasteiger partial charge >= 0.3 is 0 Å². The van der Waals surface area contributed by atoms with E-state index in [9.17, 15) is 0 Å². The fraction of sp³-hybridized carbons (Fsp3) is 0.385. The van der Waals surface area contributed by atoms with E-state index >= 15 is 0 Å². The summed E-state index contributed by atoms with van der Waals surface area (Å²) in [4.78, 5) is 0. The average Bonchev–Trinajstić information content (AvgIpc) is 2.56. The van der Waals surface area contributed by atoms with Crippen LogP contribution < -0.4 is 0 Å². The number of ether oxygens (including phenoxy) is 2. The minimum Gasteiger partial charge on any atom is -0.501 e. The molecule has 0 bridgehead atoms. The summed E-state index contributed by atoms with van der Waals surface area (Å²) in [7, 11) is 0. The van der Waals surface area contributed by atoms with E-state index in [2.05, 4.69) is 12.1 Å². The molecule has 0 aliphatic carbocycles. The molecule has 0 saturated heterocycles. The molecule has 0 N–H and O–H groups in total. The molecule has 1 heterocycles. The van der Waals surface area contributed by atoms with Crippen LogP contribution >= 0.6 is 0 Å². The van der Waals surface area contributed by atoms with Crippen LogP contribution in [0.25, 0.3) is 0 Å². The predicted molar refractivity (Wildman–Crippen MR) is 59.3 cm³/mol. The van der Waals surface area contributed by atoms with E-state index in [1.807, 2.05) is 24.3 Å². The minimum atomic E-state index is 0.202. The Hall–Kier alpha value is -1.28. The fourth-order valence-electron chi connectivity index (χ4n) is 1.59. The van der Waals surface area contributed by atoms with Crippen LogP contribution in [0.2, 0.25) is 0 Å². The van der Waals surface area contributed by atoms with Crippen molar-refractivity contribution in [2.75, 3.05) is 6.61 Å². The molecule has 0 unspecified atom stereocenters.